The predicted octanol–water partition coefficient (Wildman–Crippen LogP) is 3.67. The van der Waals surface area contributed by atoms with Crippen molar-refractivity contribution < 1.29 is 36.3 Å². The maximum Gasteiger partial charge on any atom is 0.407 e. The molecule has 0 bridgehead atoms. The molecule has 3 heterocycles. The number of methoxy groups -OCH3 is 1. The average Bonchev–Trinajstić information content (AvgIpc) is 3.55. The number of alkyl halides is 1. The molecule has 4 fully saturated rings. The van der Waals surface area contributed by atoms with Crippen LogP contribution in [0.1, 0.15) is 51.5 Å². The van der Waals surface area contributed by atoms with E-state index in [4.69, 9.17) is 4.74 Å². The molecule has 14 heteroatoms. The smallest absolute Gasteiger partial charge is 0.407 e. The van der Waals surface area contributed by atoms with Gasteiger partial charge in [0.1, 0.15) is 11.1 Å². The van der Waals surface area contributed by atoms with Gasteiger partial charge in [-0.2, -0.15) is 0 Å². The van der Waals surface area contributed by atoms with E-state index >= 15 is 4.39 Å². The molecule has 2 aromatic rings. The van der Waals surface area contributed by atoms with Crippen LogP contribution in [0.15, 0.2) is 53.4 Å². The first-order valence-corrected chi connectivity index (χ1v) is 19.9. The molecule has 2 N–H and O–H groups in total. The number of rotatable bonds is 11. The van der Waals surface area contributed by atoms with Gasteiger partial charge in [0.15, 0.2) is 15.5 Å². The molecule has 286 valence electrons. The molecule has 3 saturated heterocycles. The number of likely N-dealkylation sites (tertiary alicyclic amines) is 2. The fourth-order valence-corrected chi connectivity index (χ4v) is 10.7. The molecule has 1 saturated carbocycles. The summed E-state index contributed by atoms with van der Waals surface area (Å²) >= 11 is 0. The molecule has 1 aliphatic carbocycles. The lowest BCUT2D eigenvalue weighted by molar-refractivity contribution is -0.128. The number of amides is 3. The number of nitrogens with zero attached hydrogens (tertiary/aromatic N) is 3. The van der Waals surface area contributed by atoms with Gasteiger partial charge in [-0.15, -0.1) is 0 Å². The minimum absolute atomic E-state index is 0.0224. The van der Waals surface area contributed by atoms with Crippen molar-refractivity contribution in [2.45, 2.75) is 73.2 Å². The number of carbonyl (C=O) groups is 3. The minimum Gasteiger partial charge on any atom is -0.453 e. The zero-order chi connectivity index (χ0) is 38.0. The highest BCUT2D eigenvalue weighted by molar-refractivity contribution is 7.92. The van der Waals surface area contributed by atoms with Gasteiger partial charge < -0.3 is 25.2 Å². The van der Waals surface area contributed by atoms with E-state index in [2.05, 4.69) is 27.4 Å². The van der Waals surface area contributed by atoms with Crippen LogP contribution >= 0.6 is 0 Å². The quantitative estimate of drug-likeness (QED) is 0.333. The molecular formula is C39H49F2N5O6S. The van der Waals surface area contributed by atoms with E-state index in [1.54, 1.807) is 43.3 Å². The second-order valence-corrected chi connectivity index (χ2v) is 17.3. The third kappa shape index (κ3) is 8.01. The zero-order valence-electron chi connectivity index (χ0n) is 30.6. The number of benzene rings is 2. The second kappa shape index (κ2) is 15.6. The van der Waals surface area contributed by atoms with Crippen molar-refractivity contribution in [2.75, 3.05) is 64.4 Å². The summed E-state index contributed by atoms with van der Waals surface area (Å²) in [5.74, 6) is 3.97. The Morgan fingerprint density at radius 2 is 1.74 bits per heavy atom. The fourth-order valence-electron chi connectivity index (χ4n) is 9.09. The Bertz CT molecular complexity index is 1850. The summed E-state index contributed by atoms with van der Waals surface area (Å²) in [5.41, 5.74) is -0.599. The van der Waals surface area contributed by atoms with Gasteiger partial charge in [0.2, 0.25) is 5.91 Å². The van der Waals surface area contributed by atoms with Gasteiger partial charge >= 0.3 is 6.09 Å². The molecule has 53 heavy (non-hydrogen) atoms. The van der Waals surface area contributed by atoms with Gasteiger partial charge in [-0.25, -0.2) is 22.0 Å². The highest BCUT2D eigenvalue weighted by Crippen LogP contribution is 2.50. The van der Waals surface area contributed by atoms with Gasteiger partial charge in [-0.1, -0.05) is 24.5 Å². The molecule has 0 unspecified atom stereocenters. The lowest BCUT2D eigenvalue weighted by atomic mass is 9.58. The average molecular weight is 754 g/mol. The first kappa shape index (κ1) is 38.5. The van der Waals surface area contributed by atoms with Crippen molar-refractivity contribution in [3.63, 3.8) is 0 Å². The van der Waals surface area contributed by atoms with Crippen LogP contribution in [0.2, 0.25) is 0 Å². The summed E-state index contributed by atoms with van der Waals surface area (Å²) < 4.78 is 62.2. The van der Waals surface area contributed by atoms with Crippen molar-refractivity contribution in [3.8, 4) is 11.8 Å². The van der Waals surface area contributed by atoms with Crippen LogP contribution in [-0.4, -0.2) is 113 Å². The second-order valence-electron chi connectivity index (χ2n) is 15.0. The van der Waals surface area contributed by atoms with Crippen LogP contribution < -0.4 is 15.5 Å². The Morgan fingerprint density at radius 1 is 1.04 bits per heavy atom. The number of ether oxygens (including phenoxy) is 1. The normalized spacial score (nSPS) is 23.1. The molecule has 0 radical (unpaired) electrons. The molecular weight excluding hydrogens is 705 g/mol. The molecule has 0 spiro atoms. The number of alkyl carbamates (subject to hydrolysis) is 1. The maximum atomic E-state index is 16.2. The number of halogens is 2. The molecule has 3 amide bonds. The Kier molecular flexibility index (Phi) is 11.4. The summed E-state index contributed by atoms with van der Waals surface area (Å²) in [7, 11) is -2.29. The van der Waals surface area contributed by atoms with Crippen molar-refractivity contribution >= 4 is 33.4 Å². The van der Waals surface area contributed by atoms with Crippen LogP contribution in [0.3, 0.4) is 0 Å². The maximum absolute atomic E-state index is 16.2. The molecule has 3 aliphatic heterocycles. The SMILES string of the molecule is CC#CC(=O)N1CC(S(=O)(=O)c2ccc(N3CC(F)(CN4CCC([C@@](CNC(C)=O)(c5cccc(F)c5)[C@H]5CCC[C@@H]5NC(=O)OC)CC4)C3)cc2)C1. The zero-order valence-corrected chi connectivity index (χ0v) is 31.4. The van der Waals surface area contributed by atoms with Crippen LogP contribution in [0.5, 0.6) is 0 Å². The van der Waals surface area contributed by atoms with Gasteiger partial charge in [-0.3, -0.25) is 14.5 Å². The Balaban J connectivity index is 1.10. The monoisotopic (exact) mass is 753 g/mol. The highest BCUT2D eigenvalue weighted by atomic mass is 32.2. The predicted molar refractivity (Wildman–Crippen MR) is 196 cm³/mol. The van der Waals surface area contributed by atoms with Crippen molar-refractivity contribution in [1.82, 2.24) is 20.4 Å². The van der Waals surface area contributed by atoms with E-state index in [1.807, 2.05) is 11.0 Å². The summed E-state index contributed by atoms with van der Waals surface area (Å²) in [6, 6.07) is 12.8. The Hall–Kier alpha value is -4.22. The van der Waals surface area contributed by atoms with Gasteiger partial charge in [-0.05, 0) is 105 Å². The van der Waals surface area contributed by atoms with E-state index < -0.39 is 32.3 Å². The standard InChI is InChI=1S/C39H49F2N5O6S/c1-4-7-36(48)45-21-33(22-45)53(50,51)32-14-12-31(13-15-32)46-25-38(41,26-46)24-44-18-16-28(17-19-44)39(23-42-27(2)47,29-8-5-9-30(40)20-29)34-10-6-11-35(34)43-37(49)52-3/h5,8-9,12-15,20,28,33-35H,6,10-11,16-19,21-26H2,1-3H3,(H,42,47)(H,43,49)/t34-,35-,39-/m0/s1. The van der Waals surface area contributed by atoms with Crippen LogP contribution in [-0.2, 0) is 29.6 Å². The molecule has 3 atom stereocenters. The van der Waals surface area contributed by atoms with Crippen molar-refractivity contribution in [3.05, 3.63) is 59.9 Å². The molecule has 6 rings (SSSR count). The van der Waals surface area contributed by atoms with E-state index in [0.717, 1.165) is 30.5 Å². The number of hydrogen-bond acceptors (Lipinski definition) is 8. The van der Waals surface area contributed by atoms with E-state index in [0.29, 0.717) is 25.9 Å². The third-order valence-electron chi connectivity index (χ3n) is 11.8. The number of anilines is 1. The van der Waals surface area contributed by atoms with Gasteiger partial charge in [0.05, 0.1) is 25.1 Å². The van der Waals surface area contributed by atoms with Crippen molar-refractivity contribution in [1.29, 1.82) is 0 Å². The molecule has 4 aliphatic rings. The number of carbonyl (C=O) groups excluding carboxylic acids is 3. The topological polar surface area (TPSA) is 128 Å². The first-order valence-electron chi connectivity index (χ1n) is 18.3. The van der Waals surface area contributed by atoms with Crippen LogP contribution in [0.25, 0.3) is 0 Å². The molecule has 2 aromatic carbocycles. The van der Waals surface area contributed by atoms with Crippen LogP contribution in [0.4, 0.5) is 19.3 Å². The summed E-state index contributed by atoms with van der Waals surface area (Å²) in [6.45, 7) is 5.38. The first-order chi connectivity index (χ1) is 25.3. The lowest BCUT2D eigenvalue weighted by Gasteiger charge is -2.52. The summed E-state index contributed by atoms with van der Waals surface area (Å²) in [6.07, 6.45) is 3.27. The van der Waals surface area contributed by atoms with Crippen molar-refractivity contribution in [2.24, 2.45) is 11.8 Å². The highest BCUT2D eigenvalue weighted by Gasteiger charge is 2.53. The van der Waals surface area contributed by atoms with E-state index in [9.17, 15) is 27.2 Å². The van der Waals surface area contributed by atoms with E-state index in [-0.39, 0.29) is 79.7 Å². The van der Waals surface area contributed by atoms with E-state index in [1.165, 1.54) is 25.0 Å². The molecule has 11 nitrogen and oxygen atoms in total. The Morgan fingerprint density at radius 3 is 2.36 bits per heavy atom. The van der Waals surface area contributed by atoms with Gasteiger partial charge in [0, 0.05) is 50.2 Å². The number of piperidine rings is 1. The van der Waals surface area contributed by atoms with Gasteiger partial charge in [0.25, 0.3) is 5.91 Å². The summed E-state index contributed by atoms with van der Waals surface area (Å²) in [4.78, 5) is 42.3. The largest absolute Gasteiger partial charge is 0.453 e. The number of nitrogens with one attached hydrogen (secondary N) is 2. The number of hydrogen-bond donors (Lipinski definition) is 2. The Labute approximate surface area is 310 Å². The minimum atomic E-state index is -3.62. The molecule has 0 aromatic heterocycles. The summed E-state index contributed by atoms with van der Waals surface area (Å²) in [5, 5.41) is 5.39. The number of sulfone groups is 1. The lowest BCUT2D eigenvalue weighted by Crippen LogP contribution is -2.65. The fraction of sp³-hybridized carbons (Fsp3) is 0.564. The third-order valence-corrected chi connectivity index (χ3v) is 13.9. The van der Waals surface area contributed by atoms with Crippen LogP contribution in [0, 0.1) is 29.5 Å².